The minimum atomic E-state index is 0.679. The average molecular weight is 252 g/mol. The van der Waals surface area contributed by atoms with Crippen LogP contribution in [0, 0.1) is 0 Å². The van der Waals surface area contributed by atoms with Crippen LogP contribution < -0.4 is 5.32 Å². The predicted molar refractivity (Wildman–Crippen MR) is 69.3 cm³/mol. The molecule has 1 fully saturated rings. The van der Waals surface area contributed by atoms with Crippen molar-refractivity contribution < 1.29 is 0 Å². The van der Waals surface area contributed by atoms with E-state index in [0.29, 0.717) is 6.04 Å². The lowest BCUT2D eigenvalue weighted by Crippen LogP contribution is -2.23. The Morgan fingerprint density at radius 1 is 1.24 bits per heavy atom. The SMILES string of the molecule is C1CCc2nnc(SCC3CCCN3)n2CC1. The Labute approximate surface area is 107 Å². The van der Waals surface area contributed by atoms with Gasteiger partial charge in [0.2, 0.25) is 0 Å². The first-order valence-electron chi connectivity index (χ1n) is 6.72. The molecule has 94 valence electrons. The predicted octanol–water partition coefficient (Wildman–Crippen LogP) is 1.85. The second-order valence-electron chi connectivity index (χ2n) is 4.97. The fourth-order valence-corrected chi connectivity index (χ4v) is 3.73. The van der Waals surface area contributed by atoms with Crippen LogP contribution in [0.5, 0.6) is 0 Å². The summed E-state index contributed by atoms with van der Waals surface area (Å²) in [6.07, 6.45) is 7.62. The van der Waals surface area contributed by atoms with Crippen molar-refractivity contribution in [2.45, 2.75) is 56.3 Å². The zero-order valence-electron chi connectivity index (χ0n) is 10.2. The molecule has 1 saturated heterocycles. The maximum absolute atomic E-state index is 4.35. The molecule has 0 bridgehead atoms. The number of hydrogen-bond donors (Lipinski definition) is 1. The summed E-state index contributed by atoms with van der Waals surface area (Å²) in [7, 11) is 0. The molecule has 3 rings (SSSR count). The molecule has 2 aliphatic heterocycles. The number of fused-ring (bicyclic) bond motifs is 1. The zero-order chi connectivity index (χ0) is 11.5. The van der Waals surface area contributed by atoms with Crippen LogP contribution in [0.4, 0.5) is 0 Å². The molecule has 0 aliphatic carbocycles. The quantitative estimate of drug-likeness (QED) is 0.834. The van der Waals surface area contributed by atoms with Gasteiger partial charge in [0.1, 0.15) is 5.82 Å². The Kier molecular flexibility index (Phi) is 3.66. The van der Waals surface area contributed by atoms with Gasteiger partial charge in [0.15, 0.2) is 5.16 Å². The van der Waals surface area contributed by atoms with Crippen molar-refractivity contribution in [2.24, 2.45) is 0 Å². The summed E-state index contributed by atoms with van der Waals surface area (Å²) in [5, 5.41) is 13.4. The second kappa shape index (κ2) is 5.40. The van der Waals surface area contributed by atoms with Crippen LogP contribution >= 0.6 is 11.8 Å². The van der Waals surface area contributed by atoms with Crippen molar-refractivity contribution >= 4 is 11.8 Å². The van der Waals surface area contributed by atoms with E-state index in [2.05, 4.69) is 20.1 Å². The van der Waals surface area contributed by atoms with E-state index in [0.717, 1.165) is 23.9 Å². The van der Waals surface area contributed by atoms with Crippen molar-refractivity contribution in [2.75, 3.05) is 12.3 Å². The van der Waals surface area contributed by atoms with Crippen molar-refractivity contribution in [3.05, 3.63) is 5.82 Å². The van der Waals surface area contributed by atoms with Gasteiger partial charge in [0, 0.05) is 24.8 Å². The topological polar surface area (TPSA) is 42.7 Å². The maximum atomic E-state index is 4.35. The van der Waals surface area contributed by atoms with Crippen LogP contribution in [-0.2, 0) is 13.0 Å². The van der Waals surface area contributed by atoms with Crippen LogP contribution in [-0.4, -0.2) is 33.1 Å². The van der Waals surface area contributed by atoms with E-state index in [1.165, 1.54) is 44.5 Å². The molecule has 2 aliphatic rings. The fraction of sp³-hybridized carbons (Fsp3) is 0.833. The third-order valence-corrected chi connectivity index (χ3v) is 4.78. The molecule has 17 heavy (non-hydrogen) atoms. The Bertz CT molecular complexity index is 371. The average Bonchev–Trinajstić information content (AvgIpc) is 2.92. The van der Waals surface area contributed by atoms with E-state index < -0.39 is 0 Å². The van der Waals surface area contributed by atoms with Crippen LogP contribution in [0.25, 0.3) is 0 Å². The molecule has 1 aromatic rings. The standard InChI is InChI=1S/C12H20N4S/c1-2-6-11-14-15-12(16(11)8-3-1)17-9-10-5-4-7-13-10/h10,13H,1-9H2. The van der Waals surface area contributed by atoms with Gasteiger partial charge in [-0.2, -0.15) is 0 Å². The molecule has 1 N–H and O–H groups in total. The summed E-state index contributed by atoms with van der Waals surface area (Å²) in [6, 6.07) is 0.679. The highest BCUT2D eigenvalue weighted by Gasteiger charge is 2.18. The summed E-state index contributed by atoms with van der Waals surface area (Å²) >= 11 is 1.88. The zero-order valence-corrected chi connectivity index (χ0v) is 11.0. The van der Waals surface area contributed by atoms with Gasteiger partial charge in [0.25, 0.3) is 0 Å². The summed E-state index contributed by atoms with van der Waals surface area (Å²) < 4.78 is 2.34. The molecule has 5 heteroatoms. The molecule has 0 spiro atoms. The number of nitrogens with one attached hydrogen (secondary N) is 1. The van der Waals surface area contributed by atoms with E-state index in [-0.39, 0.29) is 0 Å². The van der Waals surface area contributed by atoms with E-state index in [9.17, 15) is 0 Å². The van der Waals surface area contributed by atoms with E-state index >= 15 is 0 Å². The first-order valence-corrected chi connectivity index (χ1v) is 7.70. The van der Waals surface area contributed by atoms with Gasteiger partial charge in [0.05, 0.1) is 0 Å². The van der Waals surface area contributed by atoms with Gasteiger partial charge >= 0.3 is 0 Å². The number of aryl methyl sites for hydroxylation is 1. The molecule has 0 amide bonds. The number of hydrogen-bond acceptors (Lipinski definition) is 4. The number of rotatable bonds is 3. The van der Waals surface area contributed by atoms with Crippen LogP contribution in [0.3, 0.4) is 0 Å². The van der Waals surface area contributed by atoms with Gasteiger partial charge < -0.3 is 9.88 Å². The third kappa shape index (κ3) is 2.65. The van der Waals surface area contributed by atoms with Gasteiger partial charge in [-0.15, -0.1) is 10.2 Å². The highest BCUT2D eigenvalue weighted by Crippen LogP contribution is 2.23. The lowest BCUT2D eigenvalue weighted by molar-refractivity contribution is 0.589. The Hall–Kier alpha value is -0.550. The first-order chi connectivity index (χ1) is 8.43. The molecule has 1 atom stereocenters. The van der Waals surface area contributed by atoms with Crippen LogP contribution in [0.2, 0.25) is 0 Å². The number of aromatic nitrogens is 3. The van der Waals surface area contributed by atoms with Gasteiger partial charge in [-0.05, 0) is 32.2 Å². The maximum Gasteiger partial charge on any atom is 0.191 e. The largest absolute Gasteiger partial charge is 0.313 e. The van der Waals surface area contributed by atoms with Crippen LogP contribution in [0.1, 0.15) is 37.9 Å². The molecule has 3 heterocycles. The number of thioether (sulfide) groups is 1. The Morgan fingerprint density at radius 3 is 3.12 bits per heavy atom. The van der Waals surface area contributed by atoms with E-state index in [4.69, 9.17) is 0 Å². The lowest BCUT2D eigenvalue weighted by Gasteiger charge is -2.10. The normalized spacial score (nSPS) is 24.6. The summed E-state index contributed by atoms with van der Waals surface area (Å²) in [6.45, 7) is 2.30. The smallest absolute Gasteiger partial charge is 0.191 e. The van der Waals surface area contributed by atoms with Gasteiger partial charge in [-0.25, -0.2) is 0 Å². The number of nitrogens with zero attached hydrogens (tertiary/aromatic N) is 3. The highest BCUT2D eigenvalue weighted by atomic mass is 32.2. The van der Waals surface area contributed by atoms with Crippen molar-refractivity contribution in [1.82, 2.24) is 20.1 Å². The molecule has 0 aromatic carbocycles. The fourth-order valence-electron chi connectivity index (χ4n) is 2.64. The Morgan fingerprint density at radius 2 is 2.24 bits per heavy atom. The molecule has 1 unspecified atom stereocenters. The van der Waals surface area contributed by atoms with E-state index in [1.807, 2.05) is 11.8 Å². The van der Waals surface area contributed by atoms with Crippen LogP contribution in [0.15, 0.2) is 5.16 Å². The van der Waals surface area contributed by atoms with Crippen molar-refractivity contribution in [1.29, 1.82) is 0 Å². The highest BCUT2D eigenvalue weighted by molar-refractivity contribution is 7.99. The molecule has 0 saturated carbocycles. The molecule has 0 radical (unpaired) electrons. The monoisotopic (exact) mass is 252 g/mol. The molecular formula is C12H20N4S. The van der Waals surface area contributed by atoms with Crippen molar-refractivity contribution in [3.63, 3.8) is 0 Å². The van der Waals surface area contributed by atoms with E-state index in [1.54, 1.807) is 0 Å². The first kappa shape index (κ1) is 11.5. The summed E-state index contributed by atoms with van der Waals surface area (Å²) in [4.78, 5) is 0. The second-order valence-corrected chi connectivity index (χ2v) is 5.95. The van der Waals surface area contributed by atoms with Gasteiger partial charge in [-0.3, -0.25) is 0 Å². The van der Waals surface area contributed by atoms with Crippen molar-refractivity contribution in [3.8, 4) is 0 Å². The molecule has 4 nitrogen and oxygen atoms in total. The minimum absolute atomic E-state index is 0.679. The third-order valence-electron chi connectivity index (χ3n) is 3.65. The lowest BCUT2D eigenvalue weighted by atomic mass is 10.2. The van der Waals surface area contributed by atoms with Gasteiger partial charge in [-0.1, -0.05) is 18.2 Å². The Balaban J connectivity index is 1.64. The summed E-state index contributed by atoms with van der Waals surface area (Å²) in [5.41, 5.74) is 0. The molecular weight excluding hydrogens is 232 g/mol. The summed E-state index contributed by atoms with van der Waals surface area (Å²) in [5.74, 6) is 2.34. The molecule has 1 aromatic heterocycles. The minimum Gasteiger partial charge on any atom is -0.313 e.